The smallest absolute Gasteiger partial charge is 0.253 e. The van der Waals surface area contributed by atoms with E-state index in [0.717, 1.165) is 82.0 Å². The van der Waals surface area contributed by atoms with Crippen LogP contribution in [0.5, 0.6) is 0 Å². The molecule has 2 aliphatic rings. The summed E-state index contributed by atoms with van der Waals surface area (Å²) in [5.74, 6) is 2.29. The molecule has 0 N–H and O–H groups in total. The lowest BCUT2D eigenvalue weighted by atomic mass is 9.90. The lowest BCUT2D eigenvalue weighted by Gasteiger charge is -2.35. The first-order chi connectivity index (χ1) is 22.1. The molecule has 2 fully saturated rings. The summed E-state index contributed by atoms with van der Waals surface area (Å²) in [5, 5.41) is 1.11. The molecule has 1 amide bonds. The van der Waals surface area contributed by atoms with E-state index in [-0.39, 0.29) is 5.91 Å². The van der Waals surface area contributed by atoms with Crippen LogP contribution in [-0.2, 0) is 12.2 Å². The Bertz CT molecular complexity index is 1570. The Labute approximate surface area is 276 Å². The first-order valence-corrected chi connectivity index (χ1v) is 17.2. The van der Waals surface area contributed by atoms with E-state index < -0.39 is 0 Å². The zero-order valence-electron chi connectivity index (χ0n) is 25.6. The number of carbonyl (C=O) groups is 1. The fourth-order valence-corrected chi connectivity index (χ4v) is 7.11. The van der Waals surface area contributed by atoms with Gasteiger partial charge >= 0.3 is 0 Å². The monoisotopic (exact) mass is 637 g/mol. The molecule has 0 bridgehead atoms. The van der Waals surface area contributed by atoms with E-state index in [1.165, 1.54) is 11.1 Å². The Hall–Kier alpha value is -3.65. The van der Waals surface area contributed by atoms with Gasteiger partial charge in [0.15, 0.2) is 5.16 Å². The average Bonchev–Trinajstić information content (AvgIpc) is 3.08. The Morgan fingerprint density at radius 2 is 1.53 bits per heavy atom. The van der Waals surface area contributed by atoms with Crippen molar-refractivity contribution in [3.8, 4) is 0 Å². The second-order valence-electron chi connectivity index (χ2n) is 11.8. The van der Waals surface area contributed by atoms with Gasteiger partial charge in [-0.1, -0.05) is 108 Å². The maximum Gasteiger partial charge on any atom is 0.253 e. The third kappa shape index (κ3) is 8.97. The number of piperidine rings is 1. The van der Waals surface area contributed by atoms with Gasteiger partial charge in [-0.15, -0.1) is 0 Å². The first-order valence-electron chi connectivity index (χ1n) is 15.9. The van der Waals surface area contributed by atoms with Crippen molar-refractivity contribution in [1.82, 2.24) is 19.8 Å². The number of likely N-dealkylation sites (tertiary alicyclic amines) is 1. The summed E-state index contributed by atoms with van der Waals surface area (Å²) in [6.45, 7) is 6.28. The van der Waals surface area contributed by atoms with Crippen LogP contribution >= 0.6 is 23.4 Å². The Balaban J connectivity index is 0.988. The molecule has 0 saturated carbocycles. The molecular weight excluding hydrogens is 598 g/mol. The highest BCUT2D eigenvalue weighted by atomic mass is 35.5. The van der Waals surface area contributed by atoms with Gasteiger partial charge < -0.3 is 9.80 Å². The van der Waals surface area contributed by atoms with E-state index in [1.54, 1.807) is 11.8 Å². The van der Waals surface area contributed by atoms with E-state index >= 15 is 0 Å². The van der Waals surface area contributed by atoms with Crippen LogP contribution in [0.15, 0.2) is 102 Å². The topological polar surface area (TPSA) is 52.6 Å². The molecule has 3 aromatic carbocycles. The minimum Gasteiger partial charge on any atom is -0.354 e. The largest absolute Gasteiger partial charge is 0.354 e. The number of aromatic nitrogens is 2. The van der Waals surface area contributed by atoms with Crippen LogP contribution in [0.3, 0.4) is 0 Å². The van der Waals surface area contributed by atoms with E-state index in [0.29, 0.717) is 22.0 Å². The predicted molar refractivity (Wildman–Crippen MR) is 186 cm³/mol. The number of halogens is 1. The standard InChI is InChI=1S/C37H40ClN5OS/c38-34-27-35(42-23-21-41(22-24-42)18-8-14-29-9-3-1-4-10-29)40-37(39-34)45-28-32-13-7-15-33(26-32)36(44)43-19-16-31(17-20-43)25-30-11-5-2-6-12-30/h1-15,26-27,31H,16-25,28H2. The van der Waals surface area contributed by atoms with Crippen molar-refractivity contribution in [3.63, 3.8) is 0 Å². The minimum absolute atomic E-state index is 0.121. The van der Waals surface area contributed by atoms with Crippen LogP contribution in [0.4, 0.5) is 5.82 Å². The van der Waals surface area contributed by atoms with Gasteiger partial charge in [-0.2, -0.15) is 0 Å². The molecule has 2 aliphatic heterocycles. The SMILES string of the molecule is O=C(c1cccc(CSc2nc(Cl)cc(N3CCN(CC=Cc4ccccc4)CC3)n2)c1)N1CCC(Cc2ccccc2)CC1. The van der Waals surface area contributed by atoms with Crippen molar-refractivity contribution in [2.45, 2.75) is 30.2 Å². The number of benzene rings is 3. The zero-order valence-corrected chi connectivity index (χ0v) is 27.2. The number of anilines is 1. The van der Waals surface area contributed by atoms with Crippen LogP contribution in [0.25, 0.3) is 6.08 Å². The molecule has 8 heteroatoms. The molecule has 0 radical (unpaired) electrons. The normalized spacial score (nSPS) is 16.4. The molecule has 6 nitrogen and oxygen atoms in total. The summed E-state index contributed by atoms with van der Waals surface area (Å²) in [4.78, 5) is 29.5. The maximum absolute atomic E-state index is 13.4. The van der Waals surface area contributed by atoms with Crippen LogP contribution in [0.1, 0.15) is 39.9 Å². The molecule has 0 aliphatic carbocycles. The maximum atomic E-state index is 13.4. The van der Waals surface area contributed by atoms with Crippen molar-refractivity contribution in [2.24, 2.45) is 5.92 Å². The molecule has 0 spiro atoms. The number of piperazine rings is 1. The Kier molecular flexibility index (Phi) is 10.8. The number of carbonyl (C=O) groups excluding carboxylic acids is 1. The number of amides is 1. The van der Waals surface area contributed by atoms with Crippen LogP contribution in [0.2, 0.25) is 5.15 Å². The van der Waals surface area contributed by atoms with Gasteiger partial charge in [0.1, 0.15) is 11.0 Å². The summed E-state index contributed by atoms with van der Waals surface area (Å²) in [5.41, 5.74) is 4.43. The number of thioether (sulfide) groups is 1. The number of hydrogen-bond donors (Lipinski definition) is 0. The molecule has 232 valence electrons. The highest BCUT2D eigenvalue weighted by Crippen LogP contribution is 2.27. The summed E-state index contributed by atoms with van der Waals surface area (Å²) in [6.07, 6.45) is 7.60. The summed E-state index contributed by atoms with van der Waals surface area (Å²) < 4.78 is 0. The van der Waals surface area contributed by atoms with Gasteiger partial charge in [0.2, 0.25) is 0 Å². The molecule has 4 aromatic rings. The summed E-state index contributed by atoms with van der Waals surface area (Å²) >= 11 is 8.01. The van der Waals surface area contributed by atoms with E-state index in [9.17, 15) is 4.79 Å². The van der Waals surface area contributed by atoms with Gasteiger partial charge in [0, 0.05) is 63.2 Å². The molecule has 2 saturated heterocycles. The predicted octanol–water partition coefficient (Wildman–Crippen LogP) is 7.35. The number of hydrogen-bond acceptors (Lipinski definition) is 6. The van der Waals surface area contributed by atoms with Gasteiger partial charge in [-0.3, -0.25) is 9.69 Å². The molecule has 6 rings (SSSR count). The highest BCUT2D eigenvalue weighted by molar-refractivity contribution is 7.98. The quantitative estimate of drug-likeness (QED) is 0.103. The molecule has 3 heterocycles. The van der Waals surface area contributed by atoms with Crippen molar-refractivity contribution in [3.05, 3.63) is 124 Å². The van der Waals surface area contributed by atoms with Crippen molar-refractivity contribution < 1.29 is 4.79 Å². The van der Waals surface area contributed by atoms with E-state index in [2.05, 4.69) is 87.6 Å². The fraction of sp³-hybridized carbons (Fsp3) is 0.324. The fourth-order valence-electron chi connectivity index (χ4n) is 6.09. The average molecular weight is 638 g/mol. The Morgan fingerprint density at radius 1 is 0.822 bits per heavy atom. The van der Waals surface area contributed by atoms with E-state index in [1.807, 2.05) is 35.2 Å². The van der Waals surface area contributed by atoms with Crippen molar-refractivity contribution >= 4 is 41.2 Å². The van der Waals surface area contributed by atoms with Crippen LogP contribution in [-0.4, -0.2) is 71.5 Å². The summed E-state index contributed by atoms with van der Waals surface area (Å²) in [7, 11) is 0. The van der Waals surface area contributed by atoms with Crippen LogP contribution in [0, 0.1) is 5.92 Å². The van der Waals surface area contributed by atoms with Gasteiger partial charge in [-0.25, -0.2) is 9.97 Å². The second-order valence-corrected chi connectivity index (χ2v) is 13.2. The lowest BCUT2D eigenvalue weighted by molar-refractivity contribution is 0.0690. The highest BCUT2D eigenvalue weighted by Gasteiger charge is 2.24. The Morgan fingerprint density at radius 3 is 2.29 bits per heavy atom. The second kappa shape index (κ2) is 15.6. The number of rotatable bonds is 10. The summed E-state index contributed by atoms with van der Waals surface area (Å²) in [6, 6.07) is 30.9. The molecule has 0 atom stereocenters. The third-order valence-electron chi connectivity index (χ3n) is 8.64. The van der Waals surface area contributed by atoms with Gasteiger partial charge in [0.05, 0.1) is 0 Å². The minimum atomic E-state index is 0.121. The third-order valence-corrected chi connectivity index (χ3v) is 9.75. The van der Waals surface area contributed by atoms with Crippen molar-refractivity contribution in [2.75, 3.05) is 50.7 Å². The first kappa shape index (κ1) is 31.3. The van der Waals surface area contributed by atoms with Crippen molar-refractivity contribution in [1.29, 1.82) is 0 Å². The van der Waals surface area contributed by atoms with Gasteiger partial charge in [-0.05, 0) is 54.0 Å². The molecular formula is C37H40ClN5OS. The van der Waals surface area contributed by atoms with E-state index in [4.69, 9.17) is 16.6 Å². The zero-order chi connectivity index (χ0) is 30.8. The molecule has 0 unspecified atom stereocenters. The van der Waals surface area contributed by atoms with Gasteiger partial charge in [0.25, 0.3) is 5.91 Å². The number of nitrogens with zero attached hydrogens (tertiary/aromatic N) is 5. The molecule has 45 heavy (non-hydrogen) atoms. The molecule has 1 aromatic heterocycles. The van der Waals surface area contributed by atoms with Crippen LogP contribution < -0.4 is 4.90 Å². The lowest BCUT2D eigenvalue weighted by Crippen LogP contribution is -2.46.